The number of carbonyl (C=O) groups is 2. The molecular formula is C18H21ClN2O3S. The van der Waals surface area contributed by atoms with Crippen LogP contribution >= 0.6 is 22.9 Å². The van der Waals surface area contributed by atoms with E-state index in [1.807, 2.05) is 36.4 Å². The molecule has 0 fully saturated rings. The molecule has 2 rings (SSSR count). The van der Waals surface area contributed by atoms with Crippen molar-refractivity contribution in [3.63, 3.8) is 0 Å². The summed E-state index contributed by atoms with van der Waals surface area (Å²) in [5, 5.41) is 11.9. The number of nitrogens with zero attached hydrogens (tertiary/aromatic N) is 1. The molecule has 2 N–H and O–H groups in total. The van der Waals surface area contributed by atoms with E-state index >= 15 is 0 Å². The van der Waals surface area contributed by atoms with Crippen molar-refractivity contribution in [2.24, 2.45) is 0 Å². The van der Waals surface area contributed by atoms with Crippen LogP contribution < -0.4 is 5.32 Å². The van der Waals surface area contributed by atoms with E-state index in [2.05, 4.69) is 5.32 Å². The minimum Gasteiger partial charge on any atom is -0.481 e. The average Bonchev–Trinajstić information content (AvgIpc) is 2.98. The number of nitrogens with one attached hydrogen (secondary N) is 1. The molecule has 1 unspecified atom stereocenters. The largest absolute Gasteiger partial charge is 0.481 e. The first-order valence-corrected chi connectivity index (χ1v) is 9.15. The van der Waals surface area contributed by atoms with E-state index < -0.39 is 5.97 Å². The molecule has 0 spiro atoms. The van der Waals surface area contributed by atoms with Gasteiger partial charge in [-0.05, 0) is 30.5 Å². The highest BCUT2D eigenvalue weighted by molar-refractivity contribution is 7.16. The summed E-state index contributed by atoms with van der Waals surface area (Å²) in [6, 6.07) is 13.0. The molecule has 1 aromatic heterocycles. The van der Waals surface area contributed by atoms with Gasteiger partial charge in [0.15, 0.2) is 0 Å². The van der Waals surface area contributed by atoms with Crippen LogP contribution in [0.15, 0.2) is 42.5 Å². The molecule has 2 amide bonds. The van der Waals surface area contributed by atoms with Crippen molar-refractivity contribution < 1.29 is 14.7 Å². The molecule has 0 radical (unpaired) electrons. The SMILES string of the molecule is CN(Cc1ccc(Cl)s1)C(=O)NC(CCC(=O)O)Cc1ccccc1. The minimum absolute atomic E-state index is 0.0159. The molecule has 2 aromatic rings. The summed E-state index contributed by atoms with van der Waals surface area (Å²) >= 11 is 7.35. The molecule has 1 aromatic carbocycles. The first-order chi connectivity index (χ1) is 11.9. The summed E-state index contributed by atoms with van der Waals surface area (Å²) in [6.45, 7) is 0.459. The van der Waals surface area contributed by atoms with E-state index in [0.29, 0.717) is 23.7 Å². The lowest BCUT2D eigenvalue weighted by atomic mass is 10.0. The zero-order valence-corrected chi connectivity index (χ0v) is 15.5. The van der Waals surface area contributed by atoms with E-state index in [9.17, 15) is 9.59 Å². The number of amides is 2. The Balaban J connectivity index is 1.96. The van der Waals surface area contributed by atoms with Crippen LogP contribution in [0.4, 0.5) is 4.79 Å². The molecule has 1 heterocycles. The van der Waals surface area contributed by atoms with Gasteiger partial charge in [0.25, 0.3) is 0 Å². The van der Waals surface area contributed by atoms with Gasteiger partial charge >= 0.3 is 12.0 Å². The molecule has 25 heavy (non-hydrogen) atoms. The van der Waals surface area contributed by atoms with Crippen LogP contribution in [0.5, 0.6) is 0 Å². The molecule has 0 aliphatic rings. The summed E-state index contributed by atoms with van der Waals surface area (Å²) in [5.74, 6) is -0.867. The van der Waals surface area contributed by atoms with Gasteiger partial charge in [-0.15, -0.1) is 11.3 Å². The fourth-order valence-electron chi connectivity index (χ4n) is 2.45. The maximum atomic E-state index is 12.4. The highest BCUT2D eigenvalue weighted by Crippen LogP contribution is 2.22. The number of carbonyl (C=O) groups excluding carboxylic acids is 1. The highest BCUT2D eigenvalue weighted by Gasteiger charge is 2.17. The monoisotopic (exact) mass is 380 g/mol. The second-order valence-corrected chi connectivity index (χ2v) is 7.63. The van der Waals surface area contributed by atoms with Crippen LogP contribution in [0.25, 0.3) is 0 Å². The van der Waals surface area contributed by atoms with Gasteiger partial charge in [-0.25, -0.2) is 4.79 Å². The highest BCUT2D eigenvalue weighted by atomic mass is 35.5. The van der Waals surface area contributed by atoms with Gasteiger partial charge in [-0.3, -0.25) is 4.79 Å². The number of thiophene rings is 1. The number of urea groups is 1. The lowest BCUT2D eigenvalue weighted by Gasteiger charge is -2.23. The molecule has 1 atom stereocenters. The third-order valence-electron chi connectivity index (χ3n) is 3.73. The predicted octanol–water partition coefficient (Wildman–Crippen LogP) is 4.02. The van der Waals surface area contributed by atoms with Crippen molar-refractivity contribution in [2.45, 2.75) is 31.8 Å². The number of aliphatic carboxylic acids is 1. The van der Waals surface area contributed by atoms with Gasteiger partial charge in [-0.2, -0.15) is 0 Å². The van der Waals surface area contributed by atoms with Crippen molar-refractivity contribution in [3.8, 4) is 0 Å². The van der Waals surface area contributed by atoms with Gasteiger partial charge in [-0.1, -0.05) is 41.9 Å². The normalized spacial score (nSPS) is 11.8. The van der Waals surface area contributed by atoms with E-state index in [0.717, 1.165) is 10.4 Å². The van der Waals surface area contributed by atoms with E-state index in [1.54, 1.807) is 18.0 Å². The first-order valence-electron chi connectivity index (χ1n) is 7.95. The third kappa shape index (κ3) is 6.76. The summed E-state index contributed by atoms with van der Waals surface area (Å²) in [6.07, 6.45) is 0.995. The molecule has 134 valence electrons. The number of hydrogen-bond acceptors (Lipinski definition) is 3. The van der Waals surface area contributed by atoms with Gasteiger partial charge in [0, 0.05) is 24.4 Å². The van der Waals surface area contributed by atoms with Gasteiger partial charge in [0.05, 0.1) is 10.9 Å². The Morgan fingerprint density at radius 2 is 1.96 bits per heavy atom. The first kappa shape index (κ1) is 19.3. The Morgan fingerprint density at radius 1 is 1.24 bits per heavy atom. The number of rotatable bonds is 8. The van der Waals surface area contributed by atoms with Crippen molar-refractivity contribution in [2.75, 3.05) is 7.05 Å². The second kappa shape index (κ2) is 9.44. The van der Waals surface area contributed by atoms with Crippen LogP contribution in [0.2, 0.25) is 4.34 Å². The van der Waals surface area contributed by atoms with E-state index in [4.69, 9.17) is 16.7 Å². The van der Waals surface area contributed by atoms with Crippen LogP contribution in [0, 0.1) is 0 Å². The average molecular weight is 381 g/mol. The zero-order valence-electron chi connectivity index (χ0n) is 13.9. The minimum atomic E-state index is -0.867. The fraction of sp³-hybridized carbons (Fsp3) is 0.333. The van der Waals surface area contributed by atoms with Crippen molar-refractivity contribution in [3.05, 3.63) is 57.2 Å². The van der Waals surface area contributed by atoms with Gasteiger partial charge < -0.3 is 15.3 Å². The van der Waals surface area contributed by atoms with Crippen molar-refractivity contribution in [1.29, 1.82) is 0 Å². The fourth-order valence-corrected chi connectivity index (χ4v) is 3.59. The quantitative estimate of drug-likeness (QED) is 0.726. The van der Waals surface area contributed by atoms with Crippen LogP contribution in [-0.4, -0.2) is 35.1 Å². The number of carboxylic acid groups (broad SMARTS) is 1. The number of benzene rings is 1. The smallest absolute Gasteiger partial charge is 0.317 e. The molecule has 7 heteroatoms. The van der Waals surface area contributed by atoms with Gasteiger partial charge in [0.1, 0.15) is 0 Å². The Hall–Kier alpha value is -2.05. The van der Waals surface area contributed by atoms with Crippen LogP contribution in [0.1, 0.15) is 23.3 Å². The van der Waals surface area contributed by atoms with Crippen molar-refractivity contribution >= 4 is 34.9 Å². The standard InChI is InChI=1S/C18H21ClN2O3S/c1-21(12-15-8-9-16(19)25-15)18(24)20-14(7-10-17(22)23)11-13-5-3-2-4-6-13/h2-6,8-9,14H,7,10-12H2,1H3,(H,20,24)(H,22,23). The molecule has 0 aliphatic carbocycles. The van der Waals surface area contributed by atoms with Gasteiger partial charge in [0.2, 0.25) is 0 Å². The molecule has 0 aliphatic heterocycles. The second-order valence-electron chi connectivity index (χ2n) is 5.83. The number of halogens is 1. The molecule has 5 nitrogen and oxygen atoms in total. The van der Waals surface area contributed by atoms with Crippen LogP contribution in [0.3, 0.4) is 0 Å². The summed E-state index contributed by atoms with van der Waals surface area (Å²) in [4.78, 5) is 25.9. The van der Waals surface area contributed by atoms with Crippen molar-refractivity contribution in [1.82, 2.24) is 10.2 Å². The van der Waals surface area contributed by atoms with E-state index in [1.165, 1.54) is 11.3 Å². The number of hydrogen-bond donors (Lipinski definition) is 2. The third-order valence-corrected chi connectivity index (χ3v) is 4.94. The number of carboxylic acids is 1. The van der Waals surface area contributed by atoms with E-state index in [-0.39, 0.29) is 18.5 Å². The Kier molecular flexibility index (Phi) is 7.28. The Labute approximate surface area is 156 Å². The topological polar surface area (TPSA) is 69.6 Å². The van der Waals surface area contributed by atoms with Crippen LogP contribution in [-0.2, 0) is 17.8 Å². The predicted molar refractivity (Wildman–Crippen MR) is 100 cm³/mol. The Morgan fingerprint density at radius 3 is 2.56 bits per heavy atom. The summed E-state index contributed by atoms with van der Waals surface area (Å²) in [5.41, 5.74) is 1.06. The zero-order chi connectivity index (χ0) is 18.2. The maximum absolute atomic E-state index is 12.4. The molecular weight excluding hydrogens is 360 g/mol. The lowest BCUT2D eigenvalue weighted by Crippen LogP contribution is -2.43. The maximum Gasteiger partial charge on any atom is 0.317 e. The lowest BCUT2D eigenvalue weighted by molar-refractivity contribution is -0.137. The summed E-state index contributed by atoms with van der Waals surface area (Å²) < 4.78 is 0.687. The molecule has 0 saturated carbocycles. The molecule has 0 bridgehead atoms. The Bertz CT molecular complexity index is 705. The molecule has 0 saturated heterocycles. The summed E-state index contributed by atoms with van der Waals surface area (Å²) in [7, 11) is 1.71.